The average molecular weight is 484 g/mol. The first-order valence-corrected chi connectivity index (χ1v) is 16.4. The Balaban J connectivity index is 1.79. The Morgan fingerprint density at radius 1 is 0.722 bits per heavy atom. The molecule has 0 aliphatic heterocycles. The number of pyridine rings is 2. The van der Waals surface area contributed by atoms with Crippen molar-refractivity contribution in [2.75, 3.05) is 0 Å². The van der Waals surface area contributed by atoms with Crippen molar-refractivity contribution in [3.8, 4) is 11.1 Å². The zero-order valence-corrected chi connectivity index (χ0v) is 22.9. The zero-order valence-electron chi connectivity index (χ0n) is 21.9. The molecule has 0 bridgehead atoms. The lowest BCUT2D eigenvalue weighted by Gasteiger charge is -2.20. The molecule has 0 radical (unpaired) electrons. The van der Waals surface area contributed by atoms with Crippen LogP contribution in [0, 0.1) is 13.8 Å². The molecule has 0 atom stereocenters. The van der Waals surface area contributed by atoms with Crippen LogP contribution in [0.1, 0.15) is 11.1 Å². The highest BCUT2D eigenvalue weighted by molar-refractivity contribution is 6.89. The minimum atomic E-state index is -1.52. The van der Waals surface area contributed by atoms with Gasteiger partial charge in [-0.3, -0.25) is 0 Å². The van der Waals surface area contributed by atoms with Gasteiger partial charge in [-0.1, -0.05) is 67.3 Å². The van der Waals surface area contributed by atoms with E-state index >= 15 is 0 Å². The van der Waals surface area contributed by atoms with Crippen LogP contribution in [0.2, 0.25) is 19.6 Å². The minimum absolute atomic E-state index is 1.26. The normalized spacial score (nSPS) is 12.7. The lowest BCUT2D eigenvalue weighted by atomic mass is 9.96. The van der Waals surface area contributed by atoms with E-state index < -0.39 is 8.07 Å². The molecule has 7 aromatic rings. The van der Waals surface area contributed by atoms with E-state index in [0.29, 0.717) is 0 Å². The van der Waals surface area contributed by atoms with E-state index in [9.17, 15) is 0 Å². The molecule has 0 aliphatic rings. The van der Waals surface area contributed by atoms with E-state index in [-0.39, 0.29) is 0 Å². The van der Waals surface area contributed by atoms with E-state index in [4.69, 9.17) is 0 Å². The van der Waals surface area contributed by atoms with Crippen molar-refractivity contribution >= 4 is 62.3 Å². The average Bonchev–Trinajstić information content (AvgIpc) is 3.18. The molecule has 3 aromatic heterocycles. The summed E-state index contributed by atoms with van der Waals surface area (Å²) in [5, 5.41) is 8.28. The topological polar surface area (TPSA) is 8.29 Å². The highest BCUT2D eigenvalue weighted by atomic mass is 28.3. The fourth-order valence-electron chi connectivity index (χ4n) is 6.15. The summed E-state index contributed by atoms with van der Waals surface area (Å²) in [5.41, 5.74) is 10.6. The van der Waals surface area contributed by atoms with Gasteiger partial charge in [-0.15, -0.1) is 0 Å². The van der Waals surface area contributed by atoms with Gasteiger partial charge in [0.15, 0.2) is 6.20 Å². The van der Waals surface area contributed by atoms with Crippen LogP contribution in [0.15, 0.2) is 79.0 Å². The molecule has 176 valence electrons. The monoisotopic (exact) mass is 483 g/mol. The summed E-state index contributed by atoms with van der Waals surface area (Å²) in [4.78, 5) is 0. The molecule has 0 aliphatic carbocycles. The second-order valence-corrected chi connectivity index (χ2v) is 16.6. The van der Waals surface area contributed by atoms with Crippen molar-refractivity contribution in [2.24, 2.45) is 7.05 Å². The first-order valence-electron chi connectivity index (χ1n) is 12.9. The van der Waals surface area contributed by atoms with Crippen molar-refractivity contribution in [1.29, 1.82) is 0 Å². The van der Waals surface area contributed by atoms with Gasteiger partial charge in [0.2, 0.25) is 5.52 Å². The van der Waals surface area contributed by atoms with Crippen molar-refractivity contribution in [3.63, 3.8) is 0 Å². The van der Waals surface area contributed by atoms with Crippen LogP contribution in [0.25, 0.3) is 60.1 Å². The zero-order chi connectivity index (χ0) is 24.9. The summed E-state index contributed by atoms with van der Waals surface area (Å²) in [7, 11) is 0.679. The van der Waals surface area contributed by atoms with Crippen LogP contribution in [0.5, 0.6) is 0 Å². The number of nitrogens with zero attached hydrogens (tertiary/aromatic N) is 2. The van der Waals surface area contributed by atoms with Crippen molar-refractivity contribution in [1.82, 2.24) is 4.40 Å². The highest BCUT2D eigenvalue weighted by Crippen LogP contribution is 2.42. The van der Waals surface area contributed by atoms with E-state index in [2.05, 4.69) is 128 Å². The molecule has 3 heteroatoms. The minimum Gasteiger partial charge on any atom is -0.307 e. The van der Waals surface area contributed by atoms with Crippen LogP contribution in [0.3, 0.4) is 0 Å². The molecule has 7 rings (SSSR count). The molecule has 0 unspecified atom stereocenters. The molecule has 0 saturated heterocycles. The van der Waals surface area contributed by atoms with Crippen molar-refractivity contribution < 1.29 is 4.57 Å². The fourth-order valence-corrected chi connectivity index (χ4v) is 7.31. The number of aryl methyl sites for hydroxylation is 3. The Hall–Kier alpha value is -3.69. The molecular formula is C33H31N2Si+. The van der Waals surface area contributed by atoms with Crippen molar-refractivity contribution in [2.45, 2.75) is 33.5 Å². The summed E-state index contributed by atoms with van der Waals surface area (Å²) in [5.74, 6) is 0. The molecular weight excluding hydrogens is 452 g/mol. The van der Waals surface area contributed by atoms with Crippen LogP contribution in [-0.2, 0) is 7.05 Å². The van der Waals surface area contributed by atoms with Crippen LogP contribution < -0.4 is 9.75 Å². The number of hydrogen-bond donors (Lipinski definition) is 0. The third-order valence-electron chi connectivity index (χ3n) is 8.24. The van der Waals surface area contributed by atoms with Gasteiger partial charge in [0.05, 0.1) is 35.4 Å². The van der Waals surface area contributed by atoms with Crippen molar-refractivity contribution in [3.05, 3.63) is 90.1 Å². The maximum atomic E-state index is 2.57. The summed E-state index contributed by atoms with van der Waals surface area (Å²) in [6.07, 6.45) is 2.24. The third-order valence-corrected chi connectivity index (χ3v) is 10.3. The van der Waals surface area contributed by atoms with Gasteiger partial charge in [0, 0.05) is 16.8 Å². The van der Waals surface area contributed by atoms with E-state index in [1.54, 1.807) is 0 Å². The van der Waals surface area contributed by atoms with Crippen LogP contribution in [0.4, 0.5) is 0 Å². The summed E-state index contributed by atoms with van der Waals surface area (Å²) in [6.45, 7) is 11.9. The van der Waals surface area contributed by atoms with Crippen LogP contribution >= 0.6 is 0 Å². The van der Waals surface area contributed by atoms with Gasteiger partial charge in [-0.05, 0) is 65.8 Å². The van der Waals surface area contributed by atoms with Gasteiger partial charge in [0.25, 0.3) is 0 Å². The Bertz CT molecular complexity index is 1990. The summed E-state index contributed by atoms with van der Waals surface area (Å²) < 4.78 is 4.90. The number of rotatable bonds is 2. The predicted octanol–water partition coefficient (Wildman–Crippen LogP) is 7.64. The molecule has 2 nitrogen and oxygen atoms in total. The second-order valence-electron chi connectivity index (χ2n) is 11.5. The fraction of sp³-hybridized carbons (Fsp3) is 0.182. The van der Waals surface area contributed by atoms with Gasteiger partial charge < -0.3 is 4.40 Å². The Labute approximate surface area is 212 Å². The first kappa shape index (κ1) is 21.6. The summed E-state index contributed by atoms with van der Waals surface area (Å²) in [6, 6.07) is 27.4. The van der Waals surface area contributed by atoms with Crippen LogP contribution in [-0.4, -0.2) is 12.5 Å². The lowest BCUT2D eigenvalue weighted by molar-refractivity contribution is -0.643. The Kier molecular flexibility index (Phi) is 4.30. The van der Waals surface area contributed by atoms with Gasteiger partial charge in [-0.2, -0.15) is 0 Å². The second kappa shape index (κ2) is 7.17. The number of benzene rings is 4. The number of fused-ring (bicyclic) bond motifs is 5. The molecule has 0 amide bonds. The van der Waals surface area contributed by atoms with Gasteiger partial charge >= 0.3 is 0 Å². The van der Waals surface area contributed by atoms with E-state index in [0.717, 1.165) is 0 Å². The quantitative estimate of drug-likeness (QED) is 0.103. The highest BCUT2D eigenvalue weighted by Gasteiger charge is 2.27. The third kappa shape index (κ3) is 2.81. The largest absolute Gasteiger partial charge is 0.307 e. The van der Waals surface area contributed by atoms with E-state index in [1.807, 2.05) is 0 Å². The molecule has 0 fully saturated rings. The van der Waals surface area contributed by atoms with Gasteiger partial charge in [0.1, 0.15) is 7.05 Å². The smallest absolute Gasteiger partial charge is 0.224 e. The Morgan fingerprint density at radius 3 is 2.25 bits per heavy atom. The Morgan fingerprint density at radius 2 is 1.50 bits per heavy atom. The van der Waals surface area contributed by atoms with E-state index in [1.165, 1.54) is 76.4 Å². The SMILES string of the molecule is Cc1cc2c3cc(-c4ccccc4)ccc3n3c4cc([Si](C)(C)C)cc5cc[n+](C)c(c(c1C)c23)c54. The predicted molar refractivity (Wildman–Crippen MR) is 158 cm³/mol. The first-order chi connectivity index (χ1) is 17.2. The van der Waals surface area contributed by atoms with Gasteiger partial charge in [-0.25, -0.2) is 4.57 Å². The number of aromatic nitrogens is 2. The molecule has 3 heterocycles. The molecule has 0 saturated carbocycles. The standard InChI is InChI=1S/C33H31N2Si/c1-20-16-27-26-18-23(22-10-8-7-9-11-22)12-13-28(26)35-29-19-25(36(4,5)6)17-24-14-15-34(3)33(31(24)29)30(21(20)2)32(27)35/h7-19H,1-6H3/q+1. The number of hydrogen-bond acceptors (Lipinski definition) is 0. The molecule has 4 aromatic carbocycles. The maximum Gasteiger partial charge on any atom is 0.224 e. The lowest BCUT2D eigenvalue weighted by Crippen LogP contribution is -2.38. The maximum absolute atomic E-state index is 2.57. The molecule has 0 N–H and O–H groups in total. The molecule has 36 heavy (non-hydrogen) atoms. The molecule has 0 spiro atoms. The summed E-state index contributed by atoms with van der Waals surface area (Å²) >= 11 is 0.